The molecule has 0 bridgehead atoms. The largest absolute Gasteiger partial charge is 0.448 e. The summed E-state index contributed by atoms with van der Waals surface area (Å²) >= 11 is 0. The van der Waals surface area contributed by atoms with Gasteiger partial charge in [0.2, 0.25) is 0 Å². The SMILES string of the molecule is NC(=O)OCCNC(=O)c1ccc(CO)nc1. The number of nitrogens with two attached hydrogens (primary N) is 1. The van der Waals surface area contributed by atoms with Gasteiger partial charge in [0.15, 0.2) is 0 Å². The average molecular weight is 239 g/mol. The summed E-state index contributed by atoms with van der Waals surface area (Å²) in [5.41, 5.74) is 5.59. The fourth-order valence-electron chi connectivity index (χ4n) is 1.07. The van der Waals surface area contributed by atoms with E-state index in [0.717, 1.165) is 0 Å². The van der Waals surface area contributed by atoms with E-state index in [9.17, 15) is 9.59 Å². The van der Waals surface area contributed by atoms with E-state index < -0.39 is 6.09 Å². The summed E-state index contributed by atoms with van der Waals surface area (Å²) < 4.78 is 4.44. The highest BCUT2D eigenvalue weighted by Crippen LogP contribution is 1.99. The molecule has 0 aliphatic carbocycles. The van der Waals surface area contributed by atoms with Crippen LogP contribution in [-0.4, -0.2) is 35.2 Å². The van der Waals surface area contributed by atoms with Crippen LogP contribution >= 0.6 is 0 Å². The minimum absolute atomic E-state index is 0.0171. The molecule has 2 amide bonds. The minimum Gasteiger partial charge on any atom is -0.448 e. The Morgan fingerprint density at radius 3 is 2.76 bits per heavy atom. The molecule has 0 saturated carbocycles. The number of hydrogen-bond acceptors (Lipinski definition) is 5. The van der Waals surface area contributed by atoms with Crippen LogP contribution in [0.4, 0.5) is 4.79 Å². The first kappa shape index (κ1) is 12.9. The second kappa shape index (κ2) is 6.44. The Hall–Kier alpha value is -2.15. The summed E-state index contributed by atoms with van der Waals surface area (Å²) in [6.45, 7) is 0.0150. The number of primary amides is 1. The predicted molar refractivity (Wildman–Crippen MR) is 58.0 cm³/mol. The van der Waals surface area contributed by atoms with Gasteiger partial charge in [-0.25, -0.2) is 4.79 Å². The van der Waals surface area contributed by atoms with E-state index in [2.05, 4.69) is 15.0 Å². The number of carbonyl (C=O) groups is 2. The molecule has 0 radical (unpaired) electrons. The number of amides is 2. The Balaban J connectivity index is 2.38. The number of aliphatic hydroxyl groups excluding tert-OH is 1. The molecule has 4 N–H and O–H groups in total. The maximum Gasteiger partial charge on any atom is 0.404 e. The minimum atomic E-state index is -0.881. The van der Waals surface area contributed by atoms with Crippen molar-refractivity contribution in [1.82, 2.24) is 10.3 Å². The maximum absolute atomic E-state index is 11.5. The number of aliphatic hydroxyl groups is 1. The van der Waals surface area contributed by atoms with E-state index in [1.165, 1.54) is 6.20 Å². The van der Waals surface area contributed by atoms with Crippen LogP contribution in [0.1, 0.15) is 16.1 Å². The molecule has 0 atom stereocenters. The molecule has 0 fully saturated rings. The molecular formula is C10H13N3O4. The summed E-state index contributed by atoms with van der Waals surface area (Å²) in [6, 6.07) is 3.09. The molecule has 1 aromatic rings. The molecule has 0 saturated heterocycles. The molecule has 1 aromatic heterocycles. The normalized spacial score (nSPS) is 9.71. The molecule has 7 heteroatoms. The van der Waals surface area contributed by atoms with E-state index in [1.54, 1.807) is 12.1 Å². The molecule has 0 spiro atoms. The van der Waals surface area contributed by atoms with E-state index in [1.807, 2.05) is 0 Å². The second-order valence-electron chi connectivity index (χ2n) is 3.12. The third-order valence-corrected chi connectivity index (χ3v) is 1.88. The smallest absolute Gasteiger partial charge is 0.404 e. The maximum atomic E-state index is 11.5. The van der Waals surface area contributed by atoms with Gasteiger partial charge < -0.3 is 20.9 Å². The van der Waals surface area contributed by atoms with Crippen molar-refractivity contribution >= 4 is 12.0 Å². The van der Waals surface area contributed by atoms with Gasteiger partial charge in [0.1, 0.15) is 6.61 Å². The highest BCUT2D eigenvalue weighted by molar-refractivity contribution is 5.93. The number of hydrogen-bond donors (Lipinski definition) is 3. The number of nitrogens with zero attached hydrogens (tertiary/aromatic N) is 1. The Bertz CT molecular complexity index is 391. The molecule has 1 rings (SSSR count). The van der Waals surface area contributed by atoms with Gasteiger partial charge in [-0.15, -0.1) is 0 Å². The van der Waals surface area contributed by atoms with Crippen molar-refractivity contribution in [3.05, 3.63) is 29.6 Å². The van der Waals surface area contributed by atoms with Gasteiger partial charge in [0.25, 0.3) is 5.91 Å². The molecule has 0 aliphatic heterocycles. The lowest BCUT2D eigenvalue weighted by molar-refractivity contribution is 0.0936. The zero-order chi connectivity index (χ0) is 12.7. The number of ether oxygens (including phenoxy) is 1. The number of carbonyl (C=O) groups excluding carboxylic acids is 2. The molecule has 17 heavy (non-hydrogen) atoms. The Morgan fingerprint density at radius 1 is 1.47 bits per heavy atom. The zero-order valence-electron chi connectivity index (χ0n) is 9.05. The third kappa shape index (κ3) is 4.47. The van der Waals surface area contributed by atoms with E-state index in [0.29, 0.717) is 11.3 Å². The van der Waals surface area contributed by atoms with Crippen LogP contribution in [0, 0.1) is 0 Å². The van der Waals surface area contributed by atoms with Crippen molar-refractivity contribution in [2.24, 2.45) is 5.73 Å². The molecule has 0 unspecified atom stereocenters. The monoisotopic (exact) mass is 239 g/mol. The lowest BCUT2D eigenvalue weighted by atomic mass is 10.2. The summed E-state index contributed by atoms with van der Waals surface area (Å²) in [6.07, 6.45) is 0.476. The van der Waals surface area contributed by atoms with Crippen LogP contribution in [-0.2, 0) is 11.3 Å². The number of nitrogens with one attached hydrogen (secondary N) is 1. The summed E-state index contributed by atoms with van der Waals surface area (Å²) in [5, 5.41) is 11.3. The lowest BCUT2D eigenvalue weighted by Crippen LogP contribution is -2.29. The lowest BCUT2D eigenvalue weighted by Gasteiger charge is -2.05. The standard InChI is InChI=1S/C10H13N3O4/c11-10(16)17-4-3-12-9(15)7-1-2-8(6-14)13-5-7/h1-2,5,14H,3-4,6H2,(H2,11,16)(H,12,15). The van der Waals surface area contributed by atoms with Gasteiger partial charge in [0, 0.05) is 6.20 Å². The van der Waals surface area contributed by atoms with Crippen molar-refractivity contribution in [3.63, 3.8) is 0 Å². The highest BCUT2D eigenvalue weighted by atomic mass is 16.5. The highest BCUT2D eigenvalue weighted by Gasteiger charge is 2.05. The predicted octanol–water partition coefficient (Wildman–Crippen LogP) is -0.601. The summed E-state index contributed by atoms with van der Waals surface area (Å²) in [7, 11) is 0. The molecule has 7 nitrogen and oxygen atoms in total. The number of rotatable bonds is 5. The first-order chi connectivity index (χ1) is 8.13. The van der Waals surface area contributed by atoms with Crippen molar-refractivity contribution in [2.45, 2.75) is 6.61 Å². The van der Waals surface area contributed by atoms with Gasteiger partial charge in [-0.05, 0) is 12.1 Å². The van der Waals surface area contributed by atoms with Crippen molar-refractivity contribution in [2.75, 3.05) is 13.2 Å². The van der Waals surface area contributed by atoms with E-state index in [-0.39, 0.29) is 25.7 Å². The molecule has 92 valence electrons. The topological polar surface area (TPSA) is 115 Å². The van der Waals surface area contributed by atoms with Crippen molar-refractivity contribution in [3.8, 4) is 0 Å². The first-order valence-electron chi connectivity index (χ1n) is 4.89. The van der Waals surface area contributed by atoms with Crippen molar-refractivity contribution < 1.29 is 19.4 Å². The van der Waals surface area contributed by atoms with Gasteiger partial charge in [-0.3, -0.25) is 9.78 Å². The Labute approximate surface area is 97.6 Å². The van der Waals surface area contributed by atoms with Gasteiger partial charge in [-0.2, -0.15) is 0 Å². The Kier molecular flexibility index (Phi) is 4.89. The van der Waals surface area contributed by atoms with Crippen LogP contribution in [0.15, 0.2) is 18.3 Å². The van der Waals surface area contributed by atoms with Gasteiger partial charge in [-0.1, -0.05) is 0 Å². The second-order valence-corrected chi connectivity index (χ2v) is 3.12. The van der Waals surface area contributed by atoms with Gasteiger partial charge in [0.05, 0.1) is 24.4 Å². The summed E-state index contributed by atoms with van der Waals surface area (Å²) in [5.74, 6) is -0.338. The van der Waals surface area contributed by atoms with Crippen LogP contribution in [0.2, 0.25) is 0 Å². The number of pyridine rings is 1. The van der Waals surface area contributed by atoms with E-state index >= 15 is 0 Å². The van der Waals surface area contributed by atoms with Crippen LogP contribution in [0.3, 0.4) is 0 Å². The van der Waals surface area contributed by atoms with Crippen LogP contribution in [0.25, 0.3) is 0 Å². The van der Waals surface area contributed by atoms with Crippen molar-refractivity contribution in [1.29, 1.82) is 0 Å². The van der Waals surface area contributed by atoms with Gasteiger partial charge >= 0.3 is 6.09 Å². The zero-order valence-corrected chi connectivity index (χ0v) is 9.05. The first-order valence-corrected chi connectivity index (χ1v) is 4.89. The fourth-order valence-corrected chi connectivity index (χ4v) is 1.07. The van der Waals surface area contributed by atoms with Crippen LogP contribution in [0.5, 0.6) is 0 Å². The van der Waals surface area contributed by atoms with Crippen LogP contribution < -0.4 is 11.1 Å². The Morgan fingerprint density at radius 2 is 2.24 bits per heavy atom. The summed E-state index contributed by atoms with van der Waals surface area (Å²) in [4.78, 5) is 25.6. The number of aromatic nitrogens is 1. The molecule has 0 aliphatic rings. The molecular weight excluding hydrogens is 226 g/mol. The quantitative estimate of drug-likeness (QED) is 0.593. The average Bonchev–Trinajstić information content (AvgIpc) is 2.34. The van der Waals surface area contributed by atoms with E-state index in [4.69, 9.17) is 10.8 Å². The fraction of sp³-hybridized carbons (Fsp3) is 0.300. The molecule has 0 aromatic carbocycles. The molecule has 1 heterocycles. The third-order valence-electron chi connectivity index (χ3n) is 1.88.